The number of nitrogens with one attached hydrogen (secondary N) is 1. The van der Waals surface area contributed by atoms with Crippen LogP contribution in [0.5, 0.6) is 0 Å². The molecule has 0 aliphatic carbocycles. The van der Waals surface area contributed by atoms with Gasteiger partial charge in [0.1, 0.15) is 23.2 Å². The number of para-hydroxylation sites is 1. The third-order valence-corrected chi connectivity index (χ3v) is 4.30. The molecule has 0 bridgehead atoms. The normalized spacial score (nSPS) is 13.3. The maximum Gasteiger partial charge on any atom is 0.165 e. The van der Waals surface area contributed by atoms with Crippen LogP contribution in [-0.2, 0) is 17.8 Å². The van der Waals surface area contributed by atoms with Gasteiger partial charge >= 0.3 is 0 Å². The number of benzene rings is 1. The Kier molecular flexibility index (Phi) is 3.71. The first-order valence-corrected chi connectivity index (χ1v) is 8.03. The van der Waals surface area contributed by atoms with E-state index in [0.29, 0.717) is 42.3 Å². The van der Waals surface area contributed by atoms with Crippen molar-refractivity contribution in [3.8, 4) is 23.1 Å². The van der Waals surface area contributed by atoms with E-state index in [-0.39, 0.29) is 5.49 Å². The van der Waals surface area contributed by atoms with Crippen LogP contribution in [0.1, 0.15) is 22.6 Å². The Labute approximate surface area is 144 Å². The third kappa shape index (κ3) is 2.55. The SMILES string of the molecule is Cc1ccc(-c2ccccc2-n2nc3c(c(C#N)c2=N)CCOC3)o1. The zero-order valence-corrected chi connectivity index (χ0v) is 13.7. The predicted octanol–water partition coefficient (Wildman–Crippen LogP) is 2.86. The van der Waals surface area contributed by atoms with Crippen LogP contribution in [0.2, 0.25) is 0 Å². The van der Waals surface area contributed by atoms with Gasteiger partial charge in [-0.3, -0.25) is 5.41 Å². The van der Waals surface area contributed by atoms with Gasteiger partial charge in [-0.05, 0) is 37.6 Å². The number of rotatable bonds is 2. The largest absolute Gasteiger partial charge is 0.461 e. The van der Waals surface area contributed by atoms with E-state index in [4.69, 9.17) is 14.6 Å². The summed E-state index contributed by atoms with van der Waals surface area (Å²) in [6.45, 7) is 2.79. The van der Waals surface area contributed by atoms with Crippen molar-refractivity contribution in [2.24, 2.45) is 0 Å². The van der Waals surface area contributed by atoms with Crippen LogP contribution in [-0.4, -0.2) is 16.4 Å². The topological polar surface area (TPSA) is 87.8 Å². The molecule has 0 unspecified atom stereocenters. The first-order chi connectivity index (χ1) is 12.2. The van der Waals surface area contributed by atoms with Crippen molar-refractivity contribution in [2.75, 3.05) is 6.61 Å². The summed E-state index contributed by atoms with van der Waals surface area (Å²) >= 11 is 0. The number of hydrogen-bond donors (Lipinski definition) is 1. The highest BCUT2D eigenvalue weighted by molar-refractivity contribution is 5.69. The highest BCUT2D eigenvalue weighted by atomic mass is 16.5. The number of nitrogens with zero attached hydrogens (tertiary/aromatic N) is 3. The molecule has 0 radical (unpaired) electrons. The van der Waals surface area contributed by atoms with Crippen LogP contribution >= 0.6 is 0 Å². The molecule has 0 fully saturated rings. The molecule has 3 heterocycles. The minimum Gasteiger partial charge on any atom is -0.461 e. The molecule has 0 saturated heterocycles. The van der Waals surface area contributed by atoms with Gasteiger partial charge in [-0.15, -0.1) is 0 Å². The molecule has 6 nitrogen and oxygen atoms in total. The van der Waals surface area contributed by atoms with Crippen molar-refractivity contribution in [3.63, 3.8) is 0 Å². The summed E-state index contributed by atoms with van der Waals surface area (Å²) in [7, 11) is 0. The lowest BCUT2D eigenvalue weighted by molar-refractivity contribution is 0.106. The third-order valence-electron chi connectivity index (χ3n) is 4.30. The van der Waals surface area contributed by atoms with Gasteiger partial charge < -0.3 is 9.15 Å². The van der Waals surface area contributed by atoms with Gasteiger partial charge in [0.15, 0.2) is 5.49 Å². The Balaban J connectivity index is 1.98. The molecular weight excluding hydrogens is 316 g/mol. The fourth-order valence-corrected chi connectivity index (χ4v) is 3.09. The van der Waals surface area contributed by atoms with Crippen molar-refractivity contribution >= 4 is 0 Å². The maximum atomic E-state index is 9.57. The molecule has 0 saturated carbocycles. The van der Waals surface area contributed by atoms with Gasteiger partial charge in [0, 0.05) is 11.1 Å². The van der Waals surface area contributed by atoms with Crippen LogP contribution in [0.3, 0.4) is 0 Å². The molecule has 1 N–H and O–H groups in total. The van der Waals surface area contributed by atoms with E-state index >= 15 is 0 Å². The summed E-state index contributed by atoms with van der Waals surface area (Å²) in [5.74, 6) is 1.51. The zero-order valence-electron chi connectivity index (χ0n) is 13.7. The second-order valence-corrected chi connectivity index (χ2v) is 5.90. The van der Waals surface area contributed by atoms with E-state index in [1.165, 1.54) is 4.68 Å². The maximum absolute atomic E-state index is 9.57. The van der Waals surface area contributed by atoms with E-state index in [2.05, 4.69) is 11.2 Å². The molecule has 4 rings (SSSR count). The monoisotopic (exact) mass is 332 g/mol. The van der Waals surface area contributed by atoms with Gasteiger partial charge in [0.25, 0.3) is 0 Å². The molecule has 0 spiro atoms. The average molecular weight is 332 g/mol. The first kappa shape index (κ1) is 15.4. The quantitative estimate of drug-likeness (QED) is 0.781. The number of aryl methyl sites for hydroxylation is 1. The van der Waals surface area contributed by atoms with Gasteiger partial charge in [-0.2, -0.15) is 10.4 Å². The summed E-state index contributed by atoms with van der Waals surface area (Å²) in [6.07, 6.45) is 0.608. The minimum absolute atomic E-state index is 0.0823. The van der Waals surface area contributed by atoms with Crippen LogP contribution in [0.15, 0.2) is 40.8 Å². The highest BCUT2D eigenvalue weighted by Gasteiger charge is 2.21. The molecule has 3 aromatic rings. The van der Waals surface area contributed by atoms with Crippen molar-refractivity contribution in [3.05, 3.63) is 64.5 Å². The number of hydrogen-bond acceptors (Lipinski definition) is 5. The van der Waals surface area contributed by atoms with Crippen LogP contribution in [0, 0.1) is 23.7 Å². The number of ether oxygens (including phenoxy) is 1. The molecule has 0 amide bonds. The second kappa shape index (κ2) is 6.04. The lowest BCUT2D eigenvalue weighted by atomic mass is 10.0. The Morgan fingerprint density at radius 2 is 2.08 bits per heavy atom. The molecule has 2 aromatic heterocycles. The van der Waals surface area contributed by atoms with Crippen molar-refractivity contribution in [2.45, 2.75) is 20.0 Å². The molecule has 0 atom stereocenters. The number of aromatic nitrogens is 2. The molecule has 1 aromatic carbocycles. The molecule has 6 heteroatoms. The molecule has 1 aliphatic rings. The zero-order chi connectivity index (χ0) is 17.4. The van der Waals surface area contributed by atoms with Gasteiger partial charge in [-0.25, -0.2) is 4.68 Å². The highest BCUT2D eigenvalue weighted by Crippen LogP contribution is 2.28. The van der Waals surface area contributed by atoms with E-state index in [1.54, 1.807) is 0 Å². The second-order valence-electron chi connectivity index (χ2n) is 5.90. The average Bonchev–Trinajstić information content (AvgIpc) is 3.07. The summed E-state index contributed by atoms with van der Waals surface area (Å²) in [5, 5.41) is 22.7. The lowest BCUT2D eigenvalue weighted by Crippen LogP contribution is -2.30. The minimum atomic E-state index is 0.0823. The van der Waals surface area contributed by atoms with Gasteiger partial charge in [-0.1, -0.05) is 12.1 Å². The Morgan fingerprint density at radius 3 is 2.84 bits per heavy atom. The van der Waals surface area contributed by atoms with Crippen molar-refractivity contribution in [1.82, 2.24) is 9.78 Å². The Bertz CT molecular complexity index is 1060. The molecule has 1 aliphatic heterocycles. The standard InChI is InChI=1S/C19H16N4O2/c1-12-6-7-18(25-12)14-4-2-3-5-17(14)23-19(21)15(10-20)13-8-9-24-11-16(13)22-23/h2-7,21H,8-9,11H2,1H3. The van der Waals surface area contributed by atoms with Crippen molar-refractivity contribution in [1.29, 1.82) is 10.7 Å². The molecular formula is C19H16N4O2. The van der Waals surface area contributed by atoms with E-state index < -0.39 is 0 Å². The van der Waals surface area contributed by atoms with E-state index in [1.807, 2.05) is 43.3 Å². The number of nitriles is 1. The molecule has 124 valence electrons. The van der Waals surface area contributed by atoms with Crippen LogP contribution < -0.4 is 5.49 Å². The van der Waals surface area contributed by atoms with Gasteiger partial charge in [0.2, 0.25) is 0 Å². The van der Waals surface area contributed by atoms with Crippen molar-refractivity contribution < 1.29 is 9.15 Å². The number of fused-ring (bicyclic) bond motifs is 1. The first-order valence-electron chi connectivity index (χ1n) is 8.03. The fraction of sp³-hybridized carbons (Fsp3) is 0.211. The van der Waals surface area contributed by atoms with E-state index in [0.717, 1.165) is 16.9 Å². The summed E-state index contributed by atoms with van der Waals surface area (Å²) in [5.41, 5.74) is 3.50. The summed E-state index contributed by atoms with van der Waals surface area (Å²) in [6, 6.07) is 13.5. The number of furan rings is 1. The molecule has 25 heavy (non-hydrogen) atoms. The Hall–Kier alpha value is -3.17. The Morgan fingerprint density at radius 1 is 1.24 bits per heavy atom. The fourth-order valence-electron chi connectivity index (χ4n) is 3.09. The summed E-state index contributed by atoms with van der Waals surface area (Å²) in [4.78, 5) is 0. The lowest BCUT2D eigenvalue weighted by Gasteiger charge is -2.19. The van der Waals surface area contributed by atoms with Crippen LogP contribution in [0.25, 0.3) is 17.0 Å². The van der Waals surface area contributed by atoms with E-state index in [9.17, 15) is 5.26 Å². The predicted molar refractivity (Wildman–Crippen MR) is 89.9 cm³/mol. The smallest absolute Gasteiger partial charge is 0.165 e. The van der Waals surface area contributed by atoms with Crippen LogP contribution in [0.4, 0.5) is 0 Å². The van der Waals surface area contributed by atoms with Gasteiger partial charge in [0.05, 0.1) is 24.6 Å². The summed E-state index contributed by atoms with van der Waals surface area (Å²) < 4.78 is 12.7.